The number of aromatic nitrogens is 2. The number of aryl methyl sites for hydroxylation is 1. The molecule has 6 heteroatoms. The van der Waals surface area contributed by atoms with Crippen molar-refractivity contribution in [2.75, 3.05) is 12.0 Å². The van der Waals surface area contributed by atoms with Gasteiger partial charge in [0.25, 0.3) is 5.91 Å². The number of hydrogen-bond acceptors (Lipinski definition) is 4. The number of nitrogens with zero attached hydrogens (tertiary/aromatic N) is 2. The summed E-state index contributed by atoms with van der Waals surface area (Å²) in [6.45, 7) is 0. The van der Waals surface area contributed by atoms with Gasteiger partial charge in [0.15, 0.2) is 5.69 Å². The minimum absolute atomic E-state index is 0.153. The van der Waals surface area contributed by atoms with Crippen molar-refractivity contribution in [3.05, 3.63) is 11.9 Å². The molecule has 18 heavy (non-hydrogen) atoms. The quantitative estimate of drug-likeness (QED) is 0.869. The van der Waals surface area contributed by atoms with Crippen LogP contribution in [0.5, 0.6) is 0 Å². The van der Waals surface area contributed by atoms with E-state index in [4.69, 9.17) is 5.73 Å². The molecule has 5 nitrogen and oxygen atoms in total. The summed E-state index contributed by atoms with van der Waals surface area (Å²) >= 11 is 1.88. The van der Waals surface area contributed by atoms with Crippen molar-refractivity contribution in [1.82, 2.24) is 15.1 Å². The molecular formula is C12H20N4OS. The summed E-state index contributed by atoms with van der Waals surface area (Å²) in [4.78, 5) is 12.1. The second-order valence-electron chi connectivity index (χ2n) is 4.80. The van der Waals surface area contributed by atoms with Crippen molar-refractivity contribution in [2.24, 2.45) is 7.05 Å². The van der Waals surface area contributed by atoms with E-state index in [-0.39, 0.29) is 11.9 Å². The van der Waals surface area contributed by atoms with Crippen LogP contribution in [-0.4, -0.2) is 33.2 Å². The zero-order chi connectivity index (χ0) is 13.1. The van der Waals surface area contributed by atoms with Crippen LogP contribution in [0.1, 0.15) is 36.2 Å². The van der Waals surface area contributed by atoms with E-state index in [9.17, 15) is 4.79 Å². The highest BCUT2D eigenvalue weighted by Crippen LogP contribution is 2.27. The Morgan fingerprint density at radius 2 is 2.39 bits per heavy atom. The fourth-order valence-electron chi connectivity index (χ4n) is 2.43. The lowest BCUT2D eigenvalue weighted by atomic mass is 9.95. The van der Waals surface area contributed by atoms with Gasteiger partial charge in [-0.3, -0.25) is 9.48 Å². The number of carbonyl (C=O) groups excluding carboxylic acids is 1. The molecule has 2 rings (SSSR count). The fourth-order valence-corrected chi connectivity index (χ4v) is 3.25. The van der Waals surface area contributed by atoms with Gasteiger partial charge in [-0.1, -0.05) is 6.42 Å². The van der Waals surface area contributed by atoms with Crippen molar-refractivity contribution in [3.63, 3.8) is 0 Å². The lowest BCUT2D eigenvalue weighted by molar-refractivity contribution is 0.0923. The number of rotatable bonds is 3. The Kier molecular flexibility index (Phi) is 4.16. The predicted octanol–water partition coefficient (Wildman–Crippen LogP) is 1.41. The fraction of sp³-hybridized carbons (Fsp3) is 0.667. The first kappa shape index (κ1) is 13.3. The van der Waals surface area contributed by atoms with Gasteiger partial charge in [0, 0.05) is 24.5 Å². The first-order chi connectivity index (χ1) is 8.60. The highest BCUT2D eigenvalue weighted by molar-refractivity contribution is 7.99. The lowest BCUT2D eigenvalue weighted by Gasteiger charge is -2.28. The van der Waals surface area contributed by atoms with Gasteiger partial charge in [-0.05, 0) is 25.5 Å². The lowest BCUT2D eigenvalue weighted by Crippen LogP contribution is -2.39. The summed E-state index contributed by atoms with van der Waals surface area (Å²) in [5.41, 5.74) is 6.53. The van der Waals surface area contributed by atoms with E-state index in [0.29, 0.717) is 16.6 Å². The third kappa shape index (κ3) is 2.98. The Morgan fingerprint density at radius 3 is 3.00 bits per heavy atom. The number of anilines is 1. The maximum absolute atomic E-state index is 12.1. The van der Waals surface area contributed by atoms with Crippen LogP contribution in [-0.2, 0) is 7.05 Å². The largest absolute Gasteiger partial charge is 0.396 e. The second-order valence-corrected chi connectivity index (χ2v) is 5.94. The van der Waals surface area contributed by atoms with Gasteiger partial charge in [-0.25, -0.2) is 0 Å². The highest BCUT2D eigenvalue weighted by Gasteiger charge is 2.24. The second kappa shape index (κ2) is 5.65. The standard InChI is InChI=1S/C12H20N4OS/c1-16-7-10(13)11(15-16)12(17)14-8-4-3-5-9(6-8)18-2/h7-9H,3-6,13H2,1-2H3,(H,14,17). The number of hydrogen-bond donors (Lipinski definition) is 2. The van der Waals surface area contributed by atoms with Gasteiger partial charge in [-0.2, -0.15) is 16.9 Å². The van der Waals surface area contributed by atoms with Gasteiger partial charge in [0.05, 0.1) is 5.69 Å². The van der Waals surface area contributed by atoms with Crippen molar-refractivity contribution >= 4 is 23.4 Å². The molecule has 0 radical (unpaired) electrons. The van der Waals surface area contributed by atoms with E-state index in [0.717, 1.165) is 12.8 Å². The van der Waals surface area contributed by atoms with E-state index >= 15 is 0 Å². The SMILES string of the molecule is CSC1CCCC(NC(=O)c2nn(C)cc2N)C1. The van der Waals surface area contributed by atoms with E-state index in [1.165, 1.54) is 12.8 Å². The van der Waals surface area contributed by atoms with Crippen molar-refractivity contribution in [3.8, 4) is 0 Å². The smallest absolute Gasteiger partial charge is 0.274 e. The average Bonchev–Trinajstić information content (AvgIpc) is 2.69. The minimum Gasteiger partial charge on any atom is -0.396 e. The number of nitrogens with one attached hydrogen (secondary N) is 1. The molecule has 0 aromatic carbocycles. The Bertz CT molecular complexity index is 432. The summed E-state index contributed by atoms with van der Waals surface area (Å²) in [5.74, 6) is -0.153. The van der Waals surface area contributed by atoms with E-state index in [2.05, 4.69) is 16.7 Å². The average molecular weight is 268 g/mol. The molecule has 2 unspecified atom stereocenters. The summed E-state index contributed by atoms with van der Waals surface area (Å²) in [5, 5.41) is 7.79. The molecule has 0 saturated heterocycles. The molecule has 1 aliphatic carbocycles. The summed E-state index contributed by atoms with van der Waals surface area (Å²) in [6, 6.07) is 0.255. The predicted molar refractivity (Wildman–Crippen MR) is 74.6 cm³/mol. The molecule has 0 aliphatic heterocycles. The first-order valence-corrected chi connectivity index (χ1v) is 7.51. The highest BCUT2D eigenvalue weighted by atomic mass is 32.2. The normalized spacial score (nSPS) is 23.9. The van der Waals surface area contributed by atoms with Crippen LogP contribution >= 0.6 is 11.8 Å². The molecule has 1 aliphatic rings. The molecule has 1 heterocycles. The van der Waals surface area contributed by atoms with Crippen LogP contribution in [0.4, 0.5) is 5.69 Å². The number of nitrogen functional groups attached to an aromatic ring is 1. The molecule has 0 spiro atoms. The molecular weight excluding hydrogens is 248 g/mol. The summed E-state index contributed by atoms with van der Waals surface area (Å²) in [6.07, 6.45) is 8.30. The topological polar surface area (TPSA) is 72.9 Å². The molecule has 1 aromatic heterocycles. The molecule has 1 amide bonds. The van der Waals surface area contributed by atoms with E-state index < -0.39 is 0 Å². The van der Waals surface area contributed by atoms with Gasteiger partial charge in [0.2, 0.25) is 0 Å². The van der Waals surface area contributed by atoms with Crippen molar-refractivity contribution in [2.45, 2.75) is 37.0 Å². The maximum atomic E-state index is 12.1. The third-order valence-electron chi connectivity index (χ3n) is 3.37. The van der Waals surface area contributed by atoms with Crippen LogP contribution in [0, 0.1) is 0 Å². The number of amides is 1. The zero-order valence-corrected chi connectivity index (χ0v) is 11.7. The van der Waals surface area contributed by atoms with Gasteiger partial charge < -0.3 is 11.1 Å². The van der Waals surface area contributed by atoms with Crippen LogP contribution in [0.15, 0.2) is 6.20 Å². The third-order valence-corrected chi connectivity index (χ3v) is 4.46. The van der Waals surface area contributed by atoms with Crippen LogP contribution in [0.2, 0.25) is 0 Å². The summed E-state index contributed by atoms with van der Waals surface area (Å²) < 4.78 is 1.57. The molecule has 1 aromatic rings. The molecule has 1 fully saturated rings. The van der Waals surface area contributed by atoms with Gasteiger partial charge in [0.1, 0.15) is 0 Å². The maximum Gasteiger partial charge on any atom is 0.274 e. The molecule has 1 saturated carbocycles. The number of thioether (sulfide) groups is 1. The first-order valence-electron chi connectivity index (χ1n) is 6.23. The molecule has 3 N–H and O–H groups in total. The Hall–Kier alpha value is -1.17. The Labute approximate surface area is 111 Å². The van der Waals surface area contributed by atoms with Crippen molar-refractivity contribution in [1.29, 1.82) is 0 Å². The van der Waals surface area contributed by atoms with E-state index in [1.807, 2.05) is 11.8 Å². The van der Waals surface area contributed by atoms with E-state index in [1.54, 1.807) is 17.9 Å². The number of nitrogens with two attached hydrogens (primary N) is 1. The molecule has 100 valence electrons. The molecule has 2 atom stereocenters. The Morgan fingerprint density at radius 1 is 1.61 bits per heavy atom. The minimum atomic E-state index is -0.153. The van der Waals surface area contributed by atoms with Gasteiger partial charge in [-0.15, -0.1) is 0 Å². The van der Waals surface area contributed by atoms with Gasteiger partial charge >= 0.3 is 0 Å². The Balaban J connectivity index is 1.97. The summed E-state index contributed by atoms with van der Waals surface area (Å²) in [7, 11) is 1.76. The van der Waals surface area contributed by atoms with Crippen LogP contribution in [0.3, 0.4) is 0 Å². The monoisotopic (exact) mass is 268 g/mol. The number of carbonyl (C=O) groups is 1. The van der Waals surface area contributed by atoms with Crippen LogP contribution in [0.25, 0.3) is 0 Å². The van der Waals surface area contributed by atoms with Crippen LogP contribution < -0.4 is 11.1 Å². The molecule has 0 bridgehead atoms. The zero-order valence-electron chi connectivity index (χ0n) is 10.8. The van der Waals surface area contributed by atoms with Crippen molar-refractivity contribution < 1.29 is 4.79 Å².